The summed E-state index contributed by atoms with van der Waals surface area (Å²) in [6, 6.07) is 8.60. The number of pyridine rings is 1. The maximum atomic E-state index is 4.19. The van der Waals surface area contributed by atoms with E-state index in [1.165, 1.54) is 42.0 Å². The Morgan fingerprint density at radius 1 is 1.15 bits per heavy atom. The number of fused-ring (bicyclic) bond motifs is 1. The van der Waals surface area contributed by atoms with Gasteiger partial charge < -0.3 is 5.32 Å². The Morgan fingerprint density at radius 2 is 2.00 bits per heavy atom. The van der Waals surface area contributed by atoms with Gasteiger partial charge in [0.25, 0.3) is 0 Å². The maximum absolute atomic E-state index is 4.19. The van der Waals surface area contributed by atoms with E-state index in [0.717, 1.165) is 24.9 Å². The Labute approximate surface area is 121 Å². The number of hydrogen-bond acceptors (Lipinski definition) is 2. The molecular weight excluding hydrogens is 244 g/mol. The van der Waals surface area contributed by atoms with Gasteiger partial charge in [-0.2, -0.15) is 0 Å². The first-order valence-corrected chi connectivity index (χ1v) is 7.85. The van der Waals surface area contributed by atoms with Crippen molar-refractivity contribution in [2.75, 3.05) is 6.54 Å². The van der Waals surface area contributed by atoms with E-state index in [-0.39, 0.29) is 0 Å². The first-order chi connectivity index (χ1) is 9.83. The second-order valence-electron chi connectivity index (χ2n) is 6.27. The van der Waals surface area contributed by atoms with E-state index in [9.17, 15) is 0 Å². The molecule has 0 radical (unpaired) electrons. The largest absolute Gasteiger partial charge is 0.312 e. The molecule has 20 heavy (non-hydrogen) atoms. The van der Waals surface area contributed by atoms with Crippen molar-refractivity contribution < 1.29 is 0 Å². The molecular formula is C18H24N2. The van der Waals surface area contributed by atoms with Crippen molar-refractivity contribution in [2.24, 2.45) is 11.8 Å². The standard InChI is InChI=1S/C18H24N2/c1-14-5-7-15(8-6-14)11-20-13-17-4-2-3-16-12-19-10-9-18(16)17/h2-4,9-10,12,14-15,20H,5-8,11,13H2,1H3. The highest BCUT2D eigenvalue weighted by molar-refractivity contribution is 5.84. The molecule has 1 heterocycles. The molecule has 1 fully saturated rings. The van der Waals surface area contributed by atoms with E-state index in [0.29, 0.717) is 0 Å². The first-order valence-electron chi connectivity index (χ1n) is 7.85. The van der Waals surface area contributed by atoms with Crippen molar-refractivity contribution in [3.05, 3.63) is 42.2 Å². The molecule has 0 saturated heterocycles. The average Bonchev–Trinajstić information content (AvgIpc) is 2.49. The van der Waals surface area contributed by atoms with Crippen LogP contribution >= 0.6 is 0 Å². The minimum Gasteiger partial charge on any atom is -0.312 e. The van der Waals surface area contributed by atoms with Crippen molar-refractivity contribution in [3.8, 4) is 0 Å². The summed E-state index contributed by atoms with van der Waals surface area (Å²) >= 11 is 0. The van der Waals surface area contributed by atoms with Gasteiger partial charge in [0.05, 0.1) is 0 Å². The number of aromatic nitrogens is 1. The topological polar surface area (TPSA) is 24.9 Å². The molecule has 0 aliphatic heterocycles. The molecule has 2 aromatic rings. The fourth-order valence-corrected chi connectivity index (χ4v) is 3.29. The molecule has 0 amide bonds. The van der Waals surface area contributed by atoms with Gasteiger partial charge in [-0.1, -0.05) is 38.0 Å². The first kappa shape index (κ1) is 13.6. The number of benzene rings is 1. The van der Waals surface area contributed by atoms with Crippen LogP contribution < -0.4 is 5.32 Å². The molecule has 2 heteroatoms. The minimum atomic E-state index is 0.878. The zero-order chi connectivity index (χ0) is 13.8. The van der Waals surface area contributed by atoms with Gasteiger partial charge in [0.15, 0.2) is 0 Å². The van der Waals surface area contributed by atoms with Crippen LogP contribution in [0.1, 0.15) is 38.2 Å². The number of nitrogens with zero attached hydrogens (tertiary/aromatic N) is 1. The highest BCUT2D eigenvalue weighted by Gasteiger charge is 2.17. The fourth-order valence-electron chi connectivity index (χ4n) is 3.29. The van der Waals surface area contributed by atoms with Gasteiger partial charge in [-0.05, 0) is 48.2 Å². The van der Waals surface area contributed by atoms with Gasteiger partial charge in [0.1, 0.15) is 0 Å². The lowest BCUT2D eigenvalue weighted by atomic mass is 9.83. The number of hydrogen-bond donors (Lipinski definition) is 1. The van der Waals surface area contributed by atoms with Gasteiger partial charge in [0, 0.05) is 24.3 Å². The highest BCUT2D eigenvalue weighted by Crippen LogP contribution is 2.27. The normalized spacial score (nSPS) is 23.1. The Morgan fingerprint density at radius 3 is 2.85 bits per heavy atom. The van der Waals surface area contributed by atoms with Gasteiger partial charge in [-0.3, -0.25) is 4.98 Å². The lowest BCUT2D eigenvalue weighted by Gasteiger charge is -2.26. The third-order valence-electron chi connectivity index (χ3n) is 4.65. The zero-order valence-electron chi connectivity index (χ0n) is 12.3. The van der Waals surface area contributed by atoms with Crippen molar-refractivity contribution in [1.29, 1.82) is 0 Å². The van der Waals surface area contributed by atoms with E-state index in [1.807, 2.05) is 12.4 Å². The van der Waals surface area contributed by atoms with Crippen LogP contribution in [0.5, 0.6) is 0 Å². The maximum Gasteiger partial charge on any atom is 0.0346 e. The van der Waals surface area contributed by atoms with Crippen LogP contribution in [-0.2, 0) is 6.54 Å². The molecule has 1 aliphatic rings. The number of rotatable bonds is 4. The molecule has 1 N–H and O–H groups in total. The van der Waals surface area contributed by atoms with Crippen LogP contribution in [0.15, 0.2) is 36.7 Å². The molecule has 1 aromatic heterocycles. The second-order valence-corrected chi connectivity index (χ2v) is 6.27. The van der Waals surface area contributed by atoms with E-state index in [1.54, 1.807) is 0 Å². The van der Waals surface area contributed by atoms with Crippen LogP contribution in [0.25, 0.3) is 10.8 Å². The van der Waals surface area contributed by atoms with E-state index >= 15 is 0 Å². The third kappa shape index (κ3) is 3.18. The summed E-state index contributed by atoms with van der Waals surface area (Å²) in [6.45, 7) is 4.51. The molecule has 1 aromatic carbocycles. The van der Waals surface area contributed by atoms with E-state index < -0.39 is 0 Å². The summed E-state index contributed by atoms with van der Waals surface area (Å²) in [5.41, 5.74) is 1.38. The van der Waals surface area contributed by atoms with E-state index in [2.05, 4.69) is 41.5 Å². The molecule has 106 valence electrons. The lowest BCUT2D eigenvalue weighted by molar-refractivity contribution is 0.281. The molecule has 3 rings (SSSR count). The Bertz CT molecular complexity index is 551. The van der Waals surface area contributed by atoms with Gasteiger partial charge in [0.2, 0.25) is 0 Å². The van der Waals surface area contributed by atoms with Crippen molar-refractivity contribution in [1.82, 2.24) is 10.3 Å². The molecule has 0 atom stereocenters. The second kappa shape index (κ2) is 6.36. The van der Waals surface area contributed by atoms with Gasteiger partial charge in [-0.15, -0.1) is 0 Å². The Hall–Kier alpha value is -1.41. The molecule has 2 nitrogen and oxygen atoms in total. The van der Waals surface area contributed by atoms with Crippen LogP contribution in [0, 0.1) is 11.8 Å². The van der Waals surface area contributed by atoms with Crippen molar-refractivity contribution in [3.63, 3.8) is 0 Å². The predicted octanol–water partition coefficient (Wildman–Crippen LogP) is 4.15. The molecule has 0 unspecified atom stereocenters. The molecule has 0 bridgehead atoms. The van der Waals surface area contributed by atoms with Gasteiger partial charge >= 0.3 is 0 Å². The quantitative estimate of drug-likeness (QED) is 0.901. The van der Waals surface area contributed by atoms with Crippen LogP contribution in [0.2, 0.25) is 0 Å². The Kier molecular flexibility index (Phi) is 4.31. The summed E-state index contributed by atoms with van der Waals surface area (Å²) < 4.78 is 0. The zero-order valence-corrected chi connectivity index (χ0v) is 12.3. The number of nitrogens with one attached hydrogen (secondary N) is 1. The third-order valence-corrected chi connectivity index (χ3v) is 4.65. The van der Waals surface area contributed by atoms with Crippen LogP contribution in [0.3, 0.4) is 0 Å². The smallest absolute Gasteiger partial charge is 0.0346 e. The van der Waals surface area contributed by atoms with Crippen LogP contribution in [0.4, 0.5) is 0 Å². The van der Waals surface area contributed by atoms with Crippen LogP contribution in [-0.4, -0.2) is 11.5 Å². The fraction of sp³-hybridized carbons (Fsp3) is 0.500. The SMILES string of the molecule is CC1CCC(CNCc2cccc3cnccc23)CC1. The summed E-state index contributed by atoms with van der Waals surface area (Å²) in [7, 11) is 0. The molecule has 1 aliphatic carbocycles. The minimum absolute atomic E-state index is 0.878. The highest BCUT2D eigenvalue weighted by atomic mass is 14.9. The summed E-state index contributed by atoms with van der Waals surface area (Å²) in [5.74, 6) is 1.82. The monoisotopic (exact) mass is 268 g/mol. The predicted molar refractivity (Wildman–Crippen MR) is 84.6 cm³/mol. The summed E-state index contributed by atoms with van der Waals surface area (Å²) in [6.07, 6.45) is 9.44. The van der Waals surface area contributed by atoms with Gasteiger partial charge in [-0.25, -0.2) is 0 Å². The molecule has 1 saturated carbocycles. The Balaban J connectivity index is 1.57. The average molecular weight is 268 g/mol. The summed E-state index contributed by atoms with van der Waals surface area (Å²) in [4.78, 5) is 4.19. The van der Waals surface area contributed by atoms with Crippen molar-refractivity contribution >= 4 is 10.8 Å². The van der Waals surface area contributed by atoms with Crippen molar-refractivity contribution in [2.45, 2.75) is 39.2 Å². The summed E-state index contributed by atoms with van der Waals surface area (Å²) in [5, 5.41) is 6.22. The lowest BCUT2D eigenvalue weighted by Crippen LogP contribution is -2.25. The van der Waals surface area contributed by atoms with E-state index in [4.69, 9.17) is 0 Å². The molecule has 0 spiro atoms.